The van der Waals surface area contributed by atoms with Crippen LogP contribution in [0.15, 0.2) is 4.99 Å². The maximum atomic E-state index is 5.94. The third-order valence-electron chi connectivity index (χ3n) is 5.51. The summed E-state index contributed by atoms with van der Waals surface area (Å²) in [6.07, 6.45) is 6.49. The quantitative estimate of drug-likeness (QED) is 0.406. The Balaban J connectivity index is 0.00000182. The van der Waals surface area contributed by atoms with E-state index in [0.717, 1.165) is 56.5 Å². The number of fused-ring (bicyclic) bond motifs is 3. The van der Waals surface area contributed by atoms with E-state index in [4.69, 9.17) is 9.73 Å². The van der Waals surface area contributed by atoms with E-state index >= 15 is 0 Å². The van der Waals surface area contributed by atoms with Gasteiger partial charge in [-0.3, -0.25) is 4.99 Å². The SMILES string of the molecule is CCNC(=NCC1CCc2nnc(C)n2C1)NC1CC2CCC1O2.I. The Labute approximate surface area is 166 Å². The van der Waals surface area contributed by atoms with E-state index in [2.05, 4.69) is 32.3 Å². The van der Waals surface area contributed by atoms with Crippen LogP contribution in [0.3, 0.4) is 0 Å². The smallest absolute Gasteiger partial charge is 0.191 e. The second kappa shape index (κ2) is 8.20. The molecule has 2 fully saturated rings. The van der Waals surface area contributed by atoms with Gasteiger partial charge in [0.1, 0.15) is 11.6 Å². The van der Waals surface area contributed by atoms with Crippen LogP contribution in [-0.2, 0) is 17.7 Å². The average Bonchev–Trinajstić information content (AvgIpc) is 3.29. The fourth-order valence-corrected chi connectivity index (χ4v) is 4.18. The molecular weight excluding hydrogens is 431 g/mol. The molecule has 3 aliphatic heterocycles. The minimum Gasteiger partial charge on any atom is -0.373 e. The summed E-state index contributed by atoms with van der Waals surface area (Å²) in [6.45, 7) is 6.85. The van der Waals surface area contributed by atoms with Crippen molar-refractivity contribution < 1.29 is 4.74 Å². The van der Waals surface area contributed by atoms with Crippen molar-refractivity contribution in [1.29, 1.82) is 0 Å². The predicted molar refractivity (Wildman–Crippen MR) is 107 cm³/mol. The average molecular weight is 460 g/mol. The summed E-state index contributed by atoms with van der Waals surface area (Å²) in [5.74, 6) is 3.63. The molecule has 7 nitrogen and oxygen atoms in total. The number of halogens is 1. The van der Waals surface area contributed by atoms with Gasteiger partial charge in [-0.05, 0) is 45.4 Å². The Morgan fingerprint density at radius 3 is 2.92 bits per heavy atom. The number of aromatic nitrogens is 3. The number of ether oxygens (including phenoxy) is 1. The molecule has 0 saturated carbocycles. The summed E-state index contributed by atoms with van der Waals surface area (Å²) in [5.41, 5.74) is 0. The van der Waals surface area contributed by atoms with Gasteiger partial charge in [0.25, 0.3) is 0 Å². The minimum atomic E-state index is 0. The van der Waals surface area contributed by atoms with Crippen molar-refractivity contribution >= 4 is 29.9 Å². The van der Waals surface area contributed by atoms with Crippen molar-refractivity contribution in [2.24, 2.45) is 10.9 Å². The first kappa shape index (κ1) is 18.9. The maximum absolute atomic E-state index is 5.94. The van der Waals surface area contributed by atoms with Gasteiger partial charge in [0.15, 0.2) is 5.96 Å². The molecule has 8 heteroatoms. The molecule has 2 saturated heterocycles. The predicted octanol–water partition coefficient (Wildman–Crippen LogP) is 1.64. The summed E-state index contributed by atoms with van der Waals surface area (Å²) in [6, 6.07) is 0.416. The topological polar surface area (TPSA) is 76.4 Å². The van der Waals surface area contributed by atoms with Gasteiger partial charge in [-0.1, -0.05) is 0 Å². The van der Waals surface area contributed by atoms with E-state index in [9.17, 15) is 0 Å². The second-order valence-electron chi connectivity index (χ2n) is 7.26. The Hall–Kier alpha value is -0.900. The molecule has 4 unspecified atom stereocenters. The summed E-state index contributed by atoms with van der Waals surface area (Å²) in [5, 5.41) is 15.4. The van der Waals surface area contributed by atoms with Crippen LogP contribution in [0.4, 0.5) is 0 Å². The molecule has 4 rings (SSSR count). The van der Waals surface area contributed by atoms with Crippen molar-refractivity contribution in [3.05, 3.63) is 11.6 Å². The summed E-state index contributed by atoms with van der Waals surface area (Å²) < 4.78 is 8.18. The number of hydrogen-bond acceptors (Lipinski definition) is 4. The molecule has 1 aromatic rings. The number of aliphatic imine (C=N–C) groups is 1. The molecule has 25 heavy (non-hydrogen) atoms. The maximum Gasteiger partial charge on any atom is 0.191 e. The molecule has 1 aromatic heterocycles. The van der Waals surface area contributed by atoms with Gasteiger partial charge < -0.3 is 19.9 Å². The molecular formula is C17H29IN6O. The second-order valence-corrected chi connectivity index (χ2v) is 7.26. The fourth-order valence-electron chi connectivity index (χ4n) is 4.18. The molecule has 2 N–H and O–H groups in total. The number of nitrogens with one attached hydrogen (secondary N) is 2. The lowest BCUT2D eigenvalue weighted by molar-refractivity contribution is 0.0992. The standard InChI is InChI=1S/C17H28N6O.HI/c1-3-18-17(20-14-8-13-5-6-15(14)24-13)19-9-12-4-7-16-22-21-11(2)23(16)10-12;/h12-15H,3-10H2,1-2H3,(H2,18,19,20);1H. The zero-order valence-corrected chi connectivity index (χ0v) is 17.4. The number of aryl methyl sites for hydroxylation is 2. The van der Waals surface area contributed by atoms with Crippen molar-refractivity contribution in [2.45, 2.75) is 70.7 Å². The summed E-state index contributed by atoms with van der Waals surface area (Å²) >= 11 is 0. The highest BCUT2D eigenvalue weighted by Crippen LogP contribution is 2.34. The third-order valence-corrected chi connectivity index (χ3v) is 5.51. The van der Waals surface area contributed by atoms with Crippen molar-refractivity contribution in [1.82, 2.24) is 25.4 Å². The van der Waals surface area contributed by atoms with E-state index in [-0.39, 0.29) is 24.0 Å². The lowest BCUT2D eigenvalue weighted by Gasteiger charge is -2.25. The normalized spacial score (nSPS) is 30.7. The zero-order chi connectivity index (χ0) is 16.5. The van der Waals surface area contributed by atoms with Crippen LogP contribution >= 0.6 is 24.0 Å². The monoisotopic (exact) mass is 460 g/mol. The van der Waals surface area contributed by atoms with Crippen molar-refractivity contribution in [3.8, 4) is 0 Å². The molecule has 0 radical (unpaired) electrons. The van der Waals surface area contributed by atoms with Crippen molar-refractivity contribution in [2.75, 3.05) is 13.1 Å². The van der Waals surface area contributed by atoms with Gasteiger partial charge in [-0.25, -0.2) is 0 Å². The van der Waals surface area contributed by atoms with Gasteiger partial charge in [0.2, 0.25) is 0 Å². The molecule has 140 valence electrons. The number of rotatable bonds is 4. The highest BCUT2D eigenvalue weighted by molar-refractivity contribution is 14.0. The molecule has 2 bridgehead atoms. The number of hydrogen-bond donors (Lipinski definition) is 2. The highest BCUT2D eigenvalue weighted by atomic mass is 127. The van der Waals surface area contributed by atoms with Crippen LogP contribution in [0.25, 0.3) is 0 Å². The van der Waals surface area contributed by atoms with Gasteiger partial charge >= 0.3 is 0 Å². The van der Waals surface area contributed by atoms with Crippen molar-refractivity contribution in [3.63, 3.8) is 0 Å². The highest BCUT2D eigenvalue weighted by Gasteiger charge is 2.41. The Bertz CT molecular complexity index is 618. The first-order valence-electron chi connectivity index (χ1n) is 9.32. The van der Waals surface area contributed by atoms with Crippen LogP contribution in [-0.4, -0.2) is 52.1 Å². The molecule has 4 heterocycles. The van der Waals surface area contributed by atoms with Gasteiger partial charge in [-0.2, -0.15) is 0 Å². The molecule has 4 atom stereocenters. The molecule has 0 amide bonds. The van der Waals surface area contributed by atoms with Crippen LogP contribution in [0.2, 0.25) is 0 Å². The van der Waals surface area contributed by atoms with E-state index < -0.39 is 0 Å². The van der Waals surface area contributed by atoms with Crippen LogP contribution in [0.5, 0.6) is 0 Å². The van der Waals surface area contributed by atoms with Gasteiger partial charge in [0.05, 0.1) is 18.2 Å². The van der Waals surface area contributed by atoms with Crippen LogP contribution < -0.4 is 10.6 Å². The van der Waals surface area contributed by atoms with Gasteiger partial charge in [-0.15, -0.1) is 34.2 Å². The van der Waals surface area contributed by atoms with E-state index in [1.54, 1.807) is 0 Å². The third kappa shape index (κ3) is 4.10. The summed E-state index contributed by atoms with van der Waals surface area (Å²) in [4.78, 5) is 4.86. The first-order chi connectivity index (χ1) is 11.7. The molecule has 0 aliphatic carbocycles. The largest absolute Gasteiger partial charge is 0.373 e. The minimum absolute atomic E-state index is 0. The lowest BCUT2D eigenvalue weighted by atomic mass is 9.96. The fraction of sp³-hybridized carbons (Fsp3) is 0.824. The zero-order valence-electron chi connectivity index (χ0n) is 15.1. The number of nitrogens with zero attached hydrogens (tertiary/aromatic N) is 4. The Kier molecular flexibility index (Phi) is 6.19. The van der Waals surface area contributed by atoms with E-state index in [1.807, 2.05) is 6.92 Å². The van der Waals surface area contributed by atoms with Crippen LogP contribution in [0.1, 0.15) is 44.3 Å². The summed E-state index contributed by atoms with van der Waals surface area (Å²) in [7, 11) is 0. The molecule has 3 aliphatic rings. The number of guanidine groups is 1. The first-order valence-corrected chi connectivity index (χ1v) is 9.32. The van der Waals surface area contributed by atoms with E-state index in [1.165, 1.54) is 12.8 Å². The van der Waals surface area contributed by atoms with Gasteiger partial charge in [0, 0.05) is 26.1 Å². The molecule has 0 aromatic carbocycles. The Morgan fingerprint density at radius 2 is 2.20 bits per heavy atom. The molecule has 0 spiro atoms. The Morgan fingerprint density at radius 1 is 1.32 bits per heavy atom. The van der Waals surface area contributed by atoms with Crippen LogP contribution in [0, 0.1) is 12.8 Å². The van der Waals surface area contributed by atoms with E-state index in [0.29, 0.717) is 24.2 Å². The lowest BCUT2D eigenvalue weighted by Crippen LogP contribution is -2.47.